The lowest BCUT2D eigenvalue weighted by Crippen LogP contribution is -2.55. The number of hydrogen-bond acceptors (Lipinski definition) is 8. The van der Waals surface area contributed by atoms with Gasteiger partial charge in [-0.05, 0) is 44.0 Å². The molecular formula is C27H32O8. The number of methoxy groups -OCH3 is 1. The largest absolute Gasteiger partial charge is 0.493 e. The fraction of sp³-hybridized carbons (Fsp3) is 0.444. The molecule has 4 atom stereocenters. The molecule has 2 aromatic rings. The Labute approximate surface area is 205 Å². The van der Waals surface area contributed by atoms with Crippen LogP contribution in [0.2, 0.25) is 0 Å². The lowest BCUT2D eigenvalue weighted by Gasteiger charge is -2.43. The summed E-state index contributed by atoms with van der Waals surface area (Å²) in [6, 6.07) is 14.6. The Balaban J connectivity index is 2.04. The van der Waals surface area contributed by atoms with E-state index in [2.05, 4.69) is 0 Å². The molecule has 8 heteroatoms. The van der Waals surface area contributed by atoms with Gasteiger partial charge in [-0.15, -0.1) is 0 Å². The summed E-state index contributed by atoms with van der Waals surface area (Å²) >= 11 is 0. The predicted molar refractivity (Wildman–Crippen MR) is 127 cm³/mol. The van der Waals surface area contributed by atoms with E-state index in [0.29, 0.717) is 23.7 Å². The smallest absolute Gasteiger partial charge is 0.317 e. The van der Waals surface area contributed by atoms with Gasteiger partial charge in [0.05, 0.1) is 31.8 Å². The van der Waals surface area contributed by atoms with Gasteiger partial charge in [0.25, 0.3) is 0 Å². The number of carbonyl (C=O) groups excluding carboxylic acids is 3. The maximum absolute atomic E-state index is 13.0. The van der Waals surface area contributed by atoms with E-state index in [-0.39, 0.29) is 19.6 Å². The average molecular weight is 485 g/mol. The molecule has 1 aliphatic rings. The van der Waals surface area contributed by atoms with Gasteiger partial charge >= 0.3 is 11.9 Å². The van der Waals surface area contributed by atoms with E-state index in [0.717, 1.165) is 5.56 Å². The van der Waals surface area contributed by atoms with Gasteiger partial charge in [0.1, 0.15) is 12.5 Å². The highest BCUT2D eigenvalue weighted by atomic mass is 16.5. The first-order valence-electron chi connectivity index (χ1n) is 11.7. The molecule has 3 rings (SSSR count). The van der Waals surface area contributed by atoms with Gasteiger partial charge in [-0.3, -0.25) is 14.4 Å². The quantitative estimate of drug-likeness (QED) is 0.426. The van der Waals surface area contributed by atoms with Crippen LogP contribution in [0.15, 0.2) is 48.5 Å². The molecule has 1 saturated carbocycles. The van der Waals surface area contributed by atoms with Crippen LogP contribution in [-0.2, 0) is 30.5 Å². The number of Topliss-reactive ketones (excluding diaryl/α,β-unsaturated/α-hetero) is 1. The second-order valence-corrected chi connectivity index (χ2v) is 8.67. The fourth-order valence-corrected chi connectivity index (χ4v) is 4.63. The van der Waals surface area contributed by atoms with E-state index >= 15 is 0 Å². The van der Waals surface area contributed by atoms with Crippen LogP contribution in [0, 0.1) is 11.8 Å². The molecule has 0 heterocycles. The second kappa shape index (κ2) is 11.4. The summed E-state index contributed by atoms with van der Waals surface area (Å²) in [7, 11) is 1.47. The third-order valence-electron chi connectivity index (χ3n) is 6.16. The van der Waals surface area contributed by atoms with Crippen LogP contribution in [0.1, 0.15) is 44.2 Å². The molecule has 188 valence electrons. The van der Waals surface area contributed by atoms with Crippen molar-refractivity contribution in [2.75, 3.05) is 20.3 Å². The van der Waals surface area contributed by atoms with Crippen molar-refractivity contribution in [3.63, 3.8) is 0 Å². The van der Waals surface area contributed by atoms with Crippen molar-refractivity contribution in [1.82, 2.24) is 0 Å². The number of aliphatic hydroxyl groups is 1. The molecule has 0 aliphatic heterocycles. The van der Waals surface area contributed by atoms with E-state index in [1.54, 1.807) is 32.0 Å². The molecule has 0 radical (unpaired) electrons. The lowest BCUT2D eigenvalue weighted by atomic mass is 9.61. The molecular weight excluding hydrogens is 452 g/mol. The van der Waals surface area contributed by atoms with Gasteiger partial charge in [0, 0.05) is 12.3 Å². The van der Waals surface area contributed by atoms with E-state index < -0.39 is 41.1 Å². The highest BCUT2D eigenvalue weighted by Gasteiger charge is 2.57. The summed E-state index contributed by atoms with van der Waals surface area (Å²) < 4.78 is 21.9. The van der Waals surface area contributed by atoms with Gasteiger partial charge < -0.3 is 24.1 Å². The van der Waals surface area contributed by atoms with Crippen LogP contribution >= 0.6 is 0 Å². The minimum absolute atomic E-state index is 0.0748. The first-order chi connectivity index (χ1) is 16.7. The molecule has 35 heavy (non-hydrogen) atoms. The zero-order chi connectivity index (χ0) is 25.6. The Kier molecular flexibility index (Phi) is 8.51. The number of ketones is 1. The zero-order valence-corrected chi connectivity index (χ0v) is 20.5. The molecule has 8 nitrogen and oxygen atoms in total. The molecule has 0 unspecified atom stereocenters. The number of benzene rings is 2. The highest BCUT2D eigenvalue weighted by Crippen LogP contribution is 2.48. The zero-order valence-electron chi connectivity index (χ0n) is 20.5. The number of carbonyl (C=O) groups is 3. The first kappa shape index (κ1) is 26.2. The van der Waals surface area contributed by atoms with Gasteiger partial charge in [-0.25, -0.2) is 0 Å². The molecule has 1 aliphatic carbocycles. The Morgan fingerprint density at radius 2 is 1.66 bits per heavy atom. The minimum Gasteiger partial charge on any atom is -0.493 e. The fourth-order valence-electron chi connectivity index (χ4n) is 4.63. The van der Waals surface area contributed by atoms with Crippen LogP contribution in [0.3, 0.4) is 0 Å². The van der Waals surface area contributed by atoms with Crippen LogP contribution in [0.4, 0.5) is 0 Å². The SMILES string of the molecule is CCOC(=O)[C@H]1C(=O)C[C@](C)(O)[C@@H](C(=O)OCC)[C@@H]1c1ccc(OCc2ccccc2)c(OC)c1. The van der Waals surface area contributed by atoms with E-state index in [9.17, 15) is 19.5 Å². The molecule has 0 spiro atoms. The normalized spacial score (nSPS) is 23.9. The van der Waals surface area contributed by atoms with E-state index in [1.807, 2.05) is 30.3 Å². The van der Waals surface area contributed by atoms with Crippen molar-refractivity contribution in [2.45, 2.75) is 45.3 Å². The monoisotopic (exact) mass is 484 g/mol. The van der Waals surface area contributed by atoms with E-state index in [4.69, 9.17) is 18.9 Å². The molecule has 0 saturated heterocycles. The number of ether oxygens (including phenoxy) is 4. The Hall–Kier alpha value is -3.39. The van der Waals surface area contributed by atoms with Crippen molar-refractivity contribution in [2.24, 2.45) is 11.8 Å². The molecule has 0 bridgehead atoms. The van der Waals surface area contributed by atoms with Crippen molar-refractivity contribution in [3.05, 3.63) is 59.7 Å². The van der Waals surface area contributed by atoms with Crippen molar-refractivity contribution >= 4 is 17.7 Å². The van der Waals surface area contributed by atoms with E-state index in [1.165, 1.54) is 14.0 Å². The second-order valence-electron chi connectivity index (χ2n) is 8.67. The first-order valence-corrected chi connectivity index (χ1v) is 11.7. The molecule has 0 amide bonds. The Morgan fingerprint density at radius 3 is 2.29 bits per heavy atom. The summed E-state index contributed by atoms with van der Waals surface area (Å²) in [5.41, 5.74) is -0.289. The Bertz CT molecular complexity index is 1050. The van der Waals surface area contributed by atoms with Gasteiger partial charge in [-0.2, -0.15) is 0 Å². The predicted octanol–water partition coefficient (Wildman–Crippen LogP) is 3.44. The maximum atomic E-state index is 13.0. The summed E-state index contributed by atoms with van der Waals surface area (Å²) in [4.78, 5) is 38.9. The number of esters is 2. The van der Waals surface area contributed by atoms with Crippen LogP contribution < -0.4 is 9.47 Å². The number of hydrogen-bond donors (Lipinski definition) is 1. The minimum atomic E-state index is -1.72. The standard InChI is InChI=1S/C27H32O8/c1-5-33-25(29)23-19(28)15-27(3,31)24(26(30)34-6-2)22(23)18-12-13-20(21(14-18)32-4)35-16-17-10-8-7-9-11-17/h7-14,22-24,31H,5-6,15-16H2,1-4H3/t22-,23+,24-,27+/m1/s1. The molecule has 1 fully saturated rings. The van der Waals surface area contributed by atoms with Crippen LogP contribution in [0.25, 0.3) is 0 Å². The molecule has 2 aromatic carbocycles. The third-order valence-corrected chi connectivity index (χ3v) is 6.16. The molecule has 0 aromatic heterocycles. The maximum Gasteiger partial charge on any atom is 0.317 e. The van der Waals surface area contributed by atoms with Gasteiger partial charge in [-0.1, -0.05) is 36.4 Å². The highest BCUT2D eigenvalue weighted by molar-refractivity contribution is 6.02. The lowest BCUT2D eigenvalue weighted by molar-refractivity contribution is -0.172. The average Bonchev–Trinajstić information content (AvgIpc) is 2.82. The summed E-state index contributed by atoms with van der Waals surface area (Å²) in [6.07, 6.45) is -0.369. The number of rotatable bonds is 9. The summed E-state index contributed by atoms with van der Waals surface area (Å²) in [6.45, 7) is 5.18. The molecule has 1 N–H and O–H groups in total. The summed E-state index contributed by atoms with van der Waals surface area (Å²) in [5.74, 6) is -4.57. The van der Waals surface area contributed by atoms with Crippen molar-refractivity contribution < 1.29 is 38.4 Å². The summed E-state index contributed by atoms with van der Waals surface area (Å²) in [5, 5.41) is 11.1. The topological polar surface area (TPSA) is 108 Å². The van der Waals surface area contributed by atoms with Gasteiger partial charge in [0.2, 0.25) is 0 Å². The van der Waals surface area contributed by atoms with Gasteiger partial charge in [0.15, 0.2) is 17.3 Å². The van der Waals surface area contributed by atoms with Crippen LogP contribution in [-0.4, -0.2) is 48.8 Å². The Morgan fingerprint density at radius 1 is 1.00 bits per heavy atom. The van der Waals surface area contributed by atoms with Crippen molar-refractivity contribution in [3.8, 4) is 11.5 Å². The van der Waals surface area contributed by atoms with Crippen molar-refractivity contribution in [1.29, 1.82) is 0 Å². The van der Waals surface area contributed by atoms with Crippen LogP contribution in [0.5, 0.6) is 11.5 Å². The third kappa shape index (κ3) is 5.82.